The molecule has 0 amide bonds. The molecule has 2 heterocycles. The Bertz CT molecular complexity index is 1150. The van der Waals surface area contributed by atoms with E-state index in [2.05, 4.69) is 16.0 Å². The largest absolute Gasteiger partial charge is 0.496 e. The van der Waals surface area contributed by atoms with E-state index >= 15 is 0 Å². The normalized spacial score (nSPS) is 11.4. The van der Waals surface area contributed by atoms with Gasteiger partial charge >= 0.3 is 6.18 Å². The molecule has 0 unspecified atom stereocenters. The number of rotatable bonds is 4. The van der Waals surface area contributed by atoms with Crippen LogP contribution in [0.1, 0.15) is 5.56 Å². The molecule has 0 aliphatic heterocycles. The minimum Gasteiger partial charge on any atom is -0.496 e. The summed E-state index contributed by atoms with van der Waals surface area (Å²) in [6.45, 7) is 0. The molecule has 0 saturated heterocycles. The number of benzene rings is 2. The fourth-order valence-electron chi connectivity index (χ4n) is 3.16. The lowest BCUT2D eigenvalue weighted by molar-refractivity contribution is -0.137. The quantitative estimate of drug-likeness (QED) is 0.463. The van der Waals surface area contributed by atoms with Gasteiger partial charge < -0.3 is 4.74 Å². The zero-order chi connectivity index (χ0) is 20.4. The Kier molecular flexibility index (Phi) is 4.80. The van der Waals surface area contributed by atoms with Gasteiger partial charge in [-0.15, -0.1) is 0 Å². The highest BCUT2D eigenvalue weighted by Crippen LogP contribution is 2.36. The molecule has 4 nitrogen and oxygen atoms in total. The van der Waals surface area contributed by atoms with Gasteiger partial charge in [0, 0.05) is 22.9 Å². The lowest BCUT2D eigenvalue weighted by Gasteiger charge is -2.15. The van der Waals surface area contributed by atoms with Crippen molar-refractivity contribution < 1.29 is 17.9 Å². The average Bonchev–Trinajstić information content (AvgIpc) is 3.23. The first-order valence-corrected chi connectivity index (χ1v) is 8.68. The van der Waals surface area contributed by atoms with Gasteiger partial charge in [-0.1, -0.05) is 18.2 Å². The molecule has 0 aliphatic rings. The molecule has 7 heteroatoms. The Morgan fingerprint density at radius 1 is 1.00 bits per heavy atom. The average molecular weight is 394 g/mol. The van der Waals surface area contributed by atoms with Crippen LogP contribution in [0.4, 0.5) is 13.2 Å². The molecule has 29 heavy (non-hydrogen) atoms. The number of methoxy groups -OCH3 is 1. The first-order chi connectivity index (χ1) is 14.0. The lowest BCUT2D eigenvalue weighted by atomic mass is 10.0. The molecule has 2 aromatic carbocycles. The standard InChI is InChI=1S/C22H15F3N3O/c1-29-21-8-3-2-7-18(21)17-9-10-26-13-20(17)28-14-27-12-19(28)15-5-4-6-16(11-15)22(23,24)25/h2-3,5-14H,1H3. The summed E-state index contributed by atoms with van der Waals surface area (Å²) in [6, 6.07) is 15.4. The van der Waals surface area contributed by atoms with E-state index in [-0.39, 0.29) is 0 Å². The highest BCUT2D eigenvalue weighted by Gasteiger charge is 2.30. The topological polar surface area (TPSA) is 39.9 Å². The molecule has 0 bridgehead atoms. The monoisotopic (exact) mass is 394 g/mol. The van der Waals surface area contributed by atoms with Gasteiger partial charge in [-0.2, -0.15) is 13.2 Å². The fraction of sp³-hybridized carbons (Fsp3) is 0.0909. The number of nitrogens with zero attached hydrogens (tertiary/aromatic N) is 3. The summed E-state index contributed by atoms with van der Waals surface area (Å²) in [6.07, 6.45) is 1.91. The highest BCUT2D eigenvalue weighted by atomic mass is 19.4. The Labute approximate surface area is 165 Å². The maximum Gasteiger partial charge on any atom is 0.416 e. The van der Waals surface area contributed by atoms with Crippen molar-refractivity contribution in [3.63, 3.8) is 0 Å². The molecule has 145 valence electrons. The third-order valence-corrected chi connectivity index (χ3v) is 4.51. The maximum absolute atomic E-state index is 13.1. The molecule has 0 atom stereocenters. The molecule has 0 spiro atoms. The predicted octanol–water partition coefficient (Wildman–Crippen LogP) is 5.43. The highest BCUT2D eigenvalue weighted by molar-refractivity contribution is 5.78. The Morgan fingerprint density at radius 3 is 2.62 bits per heavy atom. The van der Waals surface area contributed by atoms with Crippen molar-refractivity contribution in [3.05, 3.63) is 85.1 Å². The van der Waals surface area contributed by atoms with Gasteiger partial charge in [-0.05, 0) is 36.4 Å². The van der Waals surface area contributed by atoms with Crippen molar-refractivity contribution in [2.45, 2.75) is 6.18 Å². The van der Waals surface area contributed by atoms with Gasteiger partial charge in [-0.25, -0.2) is 4.98 Å². The number of halogens is 3. The van der Waals surface area contributed by atoms with E-state index in [0.29, 0.717) is 22.7 Å². The zero-order valence-electron chi connectivity index (χ0n) is 15.3. The molecule has 0 aliphatic carbocycles. The Morgan fingerprint density at radius 2 is 1.83 bits per heavy atom. The predicted molar refractivity (Wildman–Crippen MR) is 103 cm³/mol. The van der Waals surface area contributed by atoms with Crippen molar-refractivity contribution in [1.82, 2.24) is 14.5 Å². The Hall–Kier alpha value is -3.61. The van der Waals surface area contributed by atoms with E-state index in [1.807, 2.05) is 30.3 Å². The summed E-state index contributed by atoms with van der Waals surface area (Å²) in [5.74, 6) is 0.675. The second kappa shape index (κ2) is 7.43. The first kappa shape index (κ1) is 18.7. The number of para-hydroxylation sites is 1. The summed E-state index contributed by atoms with van der Waals surface area (Å²) in [7, 11) is 1.58. The van der Waals surface area contributed by atoms with Crippen LogP contribution in [0.2, 0.25) is 0 Å². The summed E-state index contributed by atoms with van der Waals surface area (Å²) >= 11 is 0. The number of ether oxygens (including phenoxy) is 1. The first-order valence-electron chi connectivity index (χ1n) is 8.68. The van der Waals surface area contributed by atoms with Gasteiger partial charge in [0.2, 0.25) is 0 Å². The minimum atomic E-state index is -4.45. The maximum atomic E-state index is 13.1. The van der Waals surface area contributed by atoms with Crippen LogP contribution in [0, 0.1) is 6.07 Å². The number of imidazole rings is 1. The second-order valence-electron chi connectivity index (χ2n) is 6.25. The van der Waals surface area contributed by atoms with Crippen LogP contribution in [-0.4, -0.2) is 21.6 Å². The van der Waals surface area contributed by atoms with Crippen LogP contribution in [0.15, 0.2) is 73.4 Å². The third-order valence-electron chi connectivity index (χ3n) is 4.51. The molecule has 4 rings (SSSR count). The molecule has 0 saturated carbocycles. The lowest BCUT2D eigenvalue weighted by Crippen LogP contribution is -2.05. The molecule has 1 radical (unpaired) electrons. The summed E-state index contributed by atoms with van der Waals surface area (Å²) in [5.41, 5.74) is 2.40. The SMILES string of the molecule is COc1ccccc1-c1ccncc1-n1cncc1-c1c[c]cc(C(F)(F)F)c1. The number of aromatic nitrogens is 3. The van der Waals surface area contributed by atoms with Gasteiger partial charge in [0.1, 0.15) is 5.75 Å². The van der Waals surface area contributed by atoms with Crippen molar-refractivity contribution >= 4 is 0 Å². The van der Waals surface area contributed by atoms with Crippen molar-refractivity contribution in [3.8, 4) is 33.8 Å². The smallest absolute Gasteiger partial charge is 0.416 e. The van der Waals surface area contributed by atoms with E-state index in [1.54, 1.807) is 30.4 Å². The van der Waals surface area contributed by atoms with E-state index in [0.717, 1.165) is 23.3 Å². The van der Waals surface area contributed by atoms with Gasteiger partial charge in [0.15, 0.2) is 0 Å². The van der Waals surface area contributed by atoms with Gasteiger partial charge in [0.25, 0.3) is 0 Å². The van der Waals surface area contributed by atoms with Crippen LogP contribution >= 0.6 is 0 Å². The number of alkyl halides is 3. The van der Waals surface area contributed by atoms with Crippen LogP contribution in [0.5, 0.6) is 5.75 Å². The molecule has 0 N–H and O–H groups in total. The number of hydrogen-bond donors (Lipinski definition) is 0. The second-order valence-corrected chi connectivity index (χ2v) is 6.25. The molecule has 0 fully saturated rings. The molecular weight excluding hydrogens is 379 g/mol. The van der Waals surface area contributed by atoms with Crippen molar-refractivity contribution in [1.29, 1.82) is 0 Å². The zero-order valence-corrected chi connectivity index (χ0v) is 15.3. The van der Waals surface area contributed by atoms with E-state index in [4.69, 9.17) is 4.74 Å². The van der Waals surface area contributed by atoms with Crippen LogP contribution in [0.25, 0.3) is 28.1 Å². The van der Waals surface area contributed by atoms with Crippen LogP contribution in [-0.2, 0) is 6.18 Å². The number of pyridine rings is 1. The summed E-state index contributed by atoms with van der Waals surface area (Å²) < 4.78 is 46.6. The number of hydrogen-bond acceptors (Lipinski definition) is 3. The minimum absolute atomic E-state index is 0.354. The van der Waals surface area contributed by atoms with Gasteiger partial charge in [-0.3, -0.25) is 9.55 Å². The van der Waals surface area contributed by atoms with E-state index in [1.165, 1.54) is 12.3 Å². The molecule has 4 aromatic rings. The van der Waals surface area contributed by atoms with Crippen molar-refractivity contribution in [2.24, 2.45) is 0 Å². The molecular formula is C22H15F3N3O. The van der Waals surface area contributed by atoms with Crippen LogP contribution < -0.4 is 4.74 Å². The van der Waals surface area contributed by atoms with Crippen LogP contribution in [0.3, 0.4) is 0 Å². The molecule has 2 aromatic heterocycles. The van der Waals surface area contributed by atoms with E-state index in [9.17, 15) is 13.2 Å². The van der Waals surface area contributed by atoms with Gasteiger partial charge in [0.05, 0.1) is 42.8 Å². The Balaban J connectivity index is 1.87. The summed E-state index contributed by atoms with van der Waals surface area (Å²) in [5, 5.41) is 0. The van der Waals surface area contributed by atoms with Crippen molar-refractivity contribution in [2.75, 3.05) is 7.11 Å². The fourth-order valence-corrected chi connectivity index (χ4v) is 3.16. The van der Waals surface area contributed by atoms with E-state index < -0.39 is 11.7 Å². The third kappa shape index (κ3) is 3.59. The summed E-state index contributed by atoms with van der Waals surface area (Å²) in [4.78, 5) is 8.35.